The summed E-state index contributed by atoms with van der Waals surface area (Å²) in [5, 5.41) is 0. The molecule has 2 aliphatic rings. The minimum absolute atomic E-state index is 0.103. The summed E-state index contributed by atoms with van der Waals surface area (Å²) >= 11 is 0. The molecule has 1 aliphatic carbocycles. The first kappa shape index (κ1) is 13.1. The SMILES string of the molecule is O=S(=O)(c1ccccc1)N(C1CCOCC1)C1CC1. The molecule has 2 fully saturated rings. The summed E-state index contributed by atoms with van der Waals surface area (Å²) in [6.07, 6.45) is 3.60. The fraction of sp³-hybridized carbons (Fsp3) is 0.571. The van der Waals surface area contributed by atoms with Gasteiger partial charge in [-0.05, 0) is 37.8 Å². The van der Waals surface area contributed by atoms with Crippen LogP contribution in [-0.4, -0.2) is 38.0 Å². The van der Waals surface area contributed by atoms with Crippen LogP contribution in [0.3, 0.4) is 0 Å². The van der Waals surface area contributed by atoms with Gasteiger partial charge >= 0.3 is 0 Å². The lowest BCUT2D eigenvalue weighted by molar-refractivity contribution is 0.0569. The van der Waals surface area contributed by atoms with Crippen LogP contribution in [0.2, 0.25) is 0 Å². The van der Waals surface area contributed by atoms with E-state index in [0.29, 0.717) is 18.1 Å². The quantitative estimate of drug-likeness (QED) is 0.848. The Labute approximate surface area is 114 Å². The third-order valence-electron chi connectivity index (χ3n) is 3.78. The molecular formula is C14H19NO3S. The van der Waals surface area contributed by atoms with Gasteiger partial charge in [0.15, 0.2) is 0 Å². The first-order valence-electron chi connectivity index (χ1n) is 6.86. The number of rotatable bonds is 4. The molecule has 0 N–H and O–H groups in total. The van der Waals surface area contributed by atoms with Crippen LogP contribution in [0.15, 0.2) is 35.2 Å². The van der Waals surface area contributed by atoms with E-state index in [2.05, 4.69) is 0 Å². The van der Waals surface area contributed by atoms with E-state index in [1.54, 1.807) is 28.6 Å². The average molecular weight is 281 g/mol. The topological polar surface area (TPSA) is 46.6 Å². The Hall–Kier alpha value is -0.910. The van der Waals surface area contributed by atoms with E-state index >= 15 is 0 Å². The molecule has 0 amide bonds. The molecule has 1 aromatic carbocycles. The highest BCUT2D eigenvalue weighted by Crippen LogP contribution is 2.36. The summed E-state index contributed by atoms with van der Waals surface area (Å²) in [6.45, 7) is 1.33. The molecule has 1 heterocycles. The number of sulfonamides is 1. The standard InChI is InChI=1S/C14H19NO3S/c16-19(17,14-4-2-1-3-5-14)15(12-6-7-12)13-8-10-18-11-9-13/h1-5,12-13H,6-11H2. The van der Waals surface area contributed by atoms with Crippen LogP contribution < -0.4 is 0 Å². The molecule has 1 aromatic rings. The predicted molar refractivity (Wildman–Crippen MR) is 72.3 cm³/mol. The molecule has 4 nitrogen and oxygen atoms in total. The van der Waals surface area contributed by atoms with E-state index in [9.17, 15) is 8.42 Å². The monoisotopic (exact) mass is 281 g/mol. The highest BCUT2D eigenvalue weighted by molar-refractivity contribution is 7.89. The number of hydrogen-bond donors (Lipinski definition) is 0. The van der Waals surface area contributed by atoms with E-state index in [-0.39, 0.29) is 12.1 Å². The van der Waals surface area contributed by atoms with Crippen molar-refractivity contribution in [3.63, 3.8) is 0 Å². The van der Waals surface area contributed by atoms with Gasteiger partial charge in [0.1, 0.15) is 0 Å². The minimum atomic E-state index is -3.36. The zero-order valence-corrected chi connectivity index (χ0v) is 11.7. The van der Waals surface area contributed by atoms with Crippen molar-refractivity contribution in [1.29, 1.82) is 0 Å². The fourth-order valence-corrected chi connectivity index (χ4v) is 4.62. The van der Waals surface area contributed by atoms with E-state index < -0.39 is 10.0 Å². The van der Waals surface area contributed by atoms with Gasteiger partial charge in [-0.1, -0.05) is 18.2 Å². The van der Waals surface area contributed by atoms with Gasteiger partial charge in [0, 0.05) is 25.3 Å². The van der Waals surface area contributed by atoms with Gasteiger partial charge in [-0.15, -0.1) is 0 Å². The normalized spacial score (nSPS) is 21.7. The van der Waals surface area contributed by atoms with Crippen molar-refractivity contribution in [1.82, 2.24) is 4.31 Å². The molecule has 0 atom stereocenters. The summed E-state index contributed by atoms with van der Waals surface area (Å²) in [7, 11) is -3.36. The maximum atomic E-state index is 12.8. The van der Waals surface area contributed by atoms with E-state index in [0.717, 1.165) is 25.7 Å². The van der Waals surface area contributed by atoms with Gasteiger partial charge in [0.25, 0.3) is 0 Å². The molecule has 3 rings (SSSR count). The van der Waals surface area contributed by atoms with Crippen molar-refractivity contribution in [2.24, 2.45) is 0 Å². The molecule has 1 saturated carbocycles. The predicted octanol–water partition coefficient (Wildman–Crippen LogP) is 2.02. The third kappa shape index (κ3) is 2.68. The van der Waals surface area contributed by atoms with E-state index in [1.807, 2.05) is 6.07 Å². The number of nitrogens with zero attached hydrogens (tertiary/aromatic N) is 1. The molecule has 0 aromatic heterocycles. The van der Waals surface area contributed by atoms with Gasteiger partial charge in [0.2, 0.25) is 10.0 Å². The summed E-state index contributed by atoms with van der Waals surface area (Å²) in [5.41, 5.74) is 0. The molecule has 1 aliphatic heterocycles. The van der Waals surface area contributed by atoms with Crippen LogP contribution >= 0.6 is 0 Å². The lowest BCUT2D eigenvalue weighted by Gasteiger charge is -2.33. The van der Waals surface area contributed by atoms with Crippen LogP contribution in [0.1, 0.15) is 25.7 Å². The molecule has 104 valence electrons. The molecule has 1 saturated heterocycles. The van der Waals surface area contributed by atoms with Crippen molar-refractivity contribution in [2.45, 2.75) is 42.7 Å². The van der Waals surface area contributed by atoms with Gasteiger partial charge in [-0.25, -0.2) is 8.42 Å². The van der Waals surface area contributed by atoms with E-state index in [1.165, 1.54) is 0 Å². The zero-order valence-electron chi connectivity index (χ0n) is 10.9. The second-order valence-electron chi connectivity index (χ2n) is 5.22. The molecular weight excluding hydrogens is 262 g/mol. The van der Waals surface area contributed by atoms with Crippen LogP contribution in [0.4, 0.5) is 0 Å². The van der Waals surface area contributed by atoms with E-state index in [4.69, 9.17) is 4.74 Å². The van der Waals surface area contributed by atoms with Crippen LogP contribution in [0.25, 0.3) is 0 Å². The largest absolute Gasteiger partial charge is 0.381 e. The maximum absolute atomic E-state index is 12.8. The van der Waals surface area contributed by atoms with Crippen molar-refractivity contribution in [2.75, 3.05) is 13.2 Å². The van der Waals surface area contributed by atoms with Crippen LogP contribution in [-0.2, 0) is 14.8 Å². The van der Waals surface area contributed by atoms with Crippen molar-refractivity contribution in [3.8, 4) is 0 Å². The Kier molecular flexibility index (Phi) is 3.60. The number of benzene rings is 1. The van der Waals surface area contributed by atoms with Crippen LogP contribution in [0, 0.1) is 0 Å². The lowest BCUT2D eigenvalue weighted by atomic mass is 10.1. The average Bonchev–Trinajstić information content (AvgIpc) is 3.25. The Balaban J connectivity index is 1.91. The highest BCUT2D eigenvalue weighted by atomic mass is 32.2. The van der Waals surface area contributed by atoms with Gasteiger partial charge in [0.05, 0.1) is 4.90 Å². The Morgan fingerprint density at radius 1 is 0.947 bits per heavy atom. The lowest BCUT2D eigenvalue weighted by Crippen LogP contribution is -2.44. The second kappa shape index (κ2) is 5.23. The first-order valence-corrected chi connectivity index (χ1v) is 8.30. The van der Waals surface area contributed by atoms with Gasteiger partial charge < -0.3 is 4.74 Å². The van der Waals surface area contributed by atoms with Crippen LogP contribution in [0.5, 0.6) is 0 Å². The summed E-state index contributed by atoms with van der Waals surface area (Å²) < 4.78 is 32.7. The summed E-state index contributed by atoms with van der Waals surface area (Å²) in [5.74, 6) is 0. The molecule has 19 heavy (non-hydrogen) atoms. The van der Waals surface area contributed by atoms with Gasteiger partial charge in [-0.3, -0.25) is 0 Å². The fourth-order valence-electron chi connectivity index (χ4n) is 2.67. The number of hydrogen-bond acceptors (Lipinski definition) is 3. The summed E-state index contributed by atoms with van der Waals surface area (Å²) in [6, 6.07) is 9.08. The van der Waals surface area contributed by atoms with Crippen molar-refractivity contribution in [3.05, 3.63) is 30.3 Å². The Morgan fingerprint density at radius 2 is 1.53 bits per heavy atom. The number of ether oxygens (including phenoxy) is 1. The molecule has 5 heteroatoms. The maximum Gasteiger partial charge on any atom is 0.243 e. The Bertz CT molecular complexity index is 519. The second-order valence-corrected chi connectivity index (χ2v) is 7.07. The van der Waals surface area contributed by atoms with Crippen molar-refractivity contribution < 1.29 is 13.2 Å². The smallest absolute Gasteiger partial charge is 0.243 e. The molecule has 0 unspecified atom stereocenters. The third-order valence-corrected chi connectivity index (χ3v) is 5.80. The first-order chi connectivity index (χ1) is 9.19. The highest BCUT2D eigenvalue weighted by Gasteiger charge is 2.42. The van der Waals surface area contributed by atoms with Crippen molar-refractivity contribution >= 4 is 10.0 Å². The Morgan fingerprint density at radius 3 is 2.11 bits per heavy atom. The molecule has 0 radical (unpaired) electrons. The van der Waals surface area contributed by atoms with Gasteiger partial charge in [-0.2, -0.15) is 4.31 Å². The molecule has 0 spiro atoms. The summed E-state index contributed by atoms with van der Waals surface area (Å²) in [4.78, 5) is 0.411. The molecule has 0 bridgehead atoms. The minimum Gasteiger partial charge on any atom is -0.381 e. The zero-order chi connectivity index (χ0) is 13.3.